The lowest BCUT2D eigenvalue weighted by atomic mass is 10.0. The first-order valence-corrected chi connectivity index (χ1v) is 5.73. The molecule has 1 saturated heterocycles. The van der Waals surface area contributed by atoms with Gasteiger partial charge in [0.15, 0.2) is 0 Å². The molecule has 1 fully saturated rings. The number of benzene rings is 1. The number of hydrogen-bond acceptors (Lipinski definition) is 3. The Hall–Kier alpha value is -1.22. The summed E-state index contributed by atoms with van der Waals surface area (Å²) >= 11 is 0. The maximum atomic E-state index is 9.88. The Morgan fingerprint density at radius 1 is 1.12 bits per heavy atom. The standard InChI is InChI=1S/C13H19NO2/c1-9-8-12(15)11(3)13(10(9)2)14-4-6-16-7-5-14/h8,15H,4-7H2,1-3H3. The summed E-state index contributed by atoms with van der Waals surface area (Å²) in [6, 6.07) is 1.84. The van der Waals surface area contributed by atoms with Gasteiger partial charge in [-0.1, -0.05) is 0 Å². The van der Waals surface area contributed by atoms with Crippen molar-refractivity contribution in [3.05, 3.63) is 22.8 Å². The number of morpholine rings is 1. The Labute approximate surface area is 96.6 Å². The Balaban J connectivity index is 2.45. The van der Waals surface area contributed by atoms with Gasteiger partial charge < -0.3 is 14.7 Å². The van der Waals surface area contributed by atoms with Gasteiger partial charge in [0.1, 0.15) is 5.75 Å². The lowest BCUT2D eigenvalue weighted by Gasteiger charge is -2.32. The smallest absolute Gasteiger partial charge is 0.120 e. The number of aromatic hydroxyl groups is 1. The van der Waals surface area contributed by atoms with Gasteiger partial charge >= 0.3 is 0 Å². The van der Waals surface area contributed by atoms with E-state index in [0.29, 0.717) is 5.75 Å². The summed E-state index contributed by atoms with van der Waals surface area (Å²) in [5.74, 6) is 0.393. The van der Waals surface area contributed by atoms with Crippen LogP contribution in [0.5, 0.6) is 5.75 Å². The number of nitrogens with zero attached hydrogens (tertiary/aromatic N) is 1. The van der Waals surface area contributed by atoms with Gasteiger partial charge in [-0.2, -0.15) is 0 Å². The fourth-order valence-corrected chi connectivity index (χ4v) is 2.27. The predicted molar refractivity (Wildman–Crippen MR) is 65.3 cm³/mol. The number of phenols is 1. The second-order valence-corrected chi connectivity index (χ2v) is 4.41. The second kappa shape index (κ2) is 4.34. The van der Waals surface area contributed by atoms with Gasteiger partial charge in [-0.3, -0.25) is 0 Å². The number of ether oxygens (including phenoxy) is 1. The summed E-state index contributed by atoms with van der Waals surface area (Å²) in [5.41, 5.74) is 4.56. The molecule has 2 rings (SSSR count). The molecule has 0 unspecified atom stereocenters. The normalized spacial score (nSPS) is 16.6. The minimum absolute atomic E-state index is 0.393. The molecule has 3 nitrogen and oxygen atoms in total. The van der Waals surface area contributed by atoms with Crippen LogP contribution in [0.25, 0.3) is 0 Å². The van der Waals surface area contributed by atoms with Gasteiger partial charge in [-0.25, -0.2) is 0 Å². The largest absolute Gasteiger partial charge is 0.508 e. The number of rotatable bonds is 1. The third-order valence-corrected chi connectivity index (χ3v) is 3.37. The zero-order chi connectivity index (χ0) is 11.7. The molecule has 0 spiro atoms. The molecule has 16 heavy (non-hydrogen) atoms. The number of phenolic OH excluding ortho intramolecular Hbond substituents is 1. The van der Waals surface area contributed by atoms with E-state index < -0.39 is 0 Å². The minimum Gasteiger partial charge on any atom is -0.508 e. The van der Waals surface area contributed by atoms with Crippen LogP contribution in [0.3, 0.4) is 0 Å². The summed E-state index contributed by atoms with van der Waals surface area (Å²) in [5, 5.41) is 9.88. The third-order valence-electron chi connectivity index (χ3n) is 3.37. The first-order chi connectivity index (χ1) is 7.61. The zero-order valence-corrected chi connectivity index (χ0v) is 10.2. The summed E-state index contributed by atoms with van der Waals surface area (Å²) in [7, 11) is 0. The molecule has 1 N–H and O–H groups in total. The highest BCUT2D eigenvalue weighted by molar-refractivity contribution is 5.65. The Morgan fingerprint density at radius 3 is 2.38 bits per heavy atom. The fraction of sp³-hybridized carbons (Fsp3) is 0.538. The van der Waals surface area contributed by atoms with Crippen molar-refractivity contribution >= 4 is 5.69 Å². The van der Waals surface area contributed by atoms with E-state index in [1.165, 1.54) is 11.3 Å². The zero-order valence-electron chi connectivity index (χ0n) is 10.2. The van der Waals surface area contributed by atoms with Crippen molar-refractivity contribution in [1.82, 2.24) is 0 Å². The second-order valence-electron chi connectivity index (χ2n) is 4.41. The van der Waals surface area contributed by atoms with E-state index in [9.17, 15) is 5.11 Å². The fourth-order valence-electron chi connectivity index (χ4n) is 2.27. The maximum Gasteiger partial charge on any atom is 0.120 e. The van der Waals surface area contributed by atoms with Crippen LogP contribution in [0.1, 0.15) is 16.7 Å². The van der Waals surface area contributed by atoms with Crippen LogP contribution in [0.4, 0.5) is 5.69 Å². The van der Waals surface area contributed by atoms with Crippen molar-refractivity contribution in [2.24, 2.45) is 0 Å². The average Bonchev–Trinajstić information content (AvgIpc) is 2.28. The van der Waals surface area contributed by atoms with E-state index in [-0.39, 0.29) is 0 Å². The highest BCUT2D eigenvalue weighted by Crippen LogP contribution is 2.34. The monoisotopic (exact) mass is 221 g/mol. The van der Waals surface area contributed by atoms with Crippen LogP contribution >= 0.6 is 0 Å². The quantitative estimate of drug-likeness (QED) is 0.788. The maximum absolute atomic E-state index is 9.88. The Kier molecular flexibility index (Phi) is 3.06. The summed E-state index contributed by atoms with van der Waals surface area (Å²) in [6.45, 7) is 9.49. The molecule has 88 valence electrons. The number of aryl methyl sites for hydroxylation is 1. The highest BCUT2D eigenvalue weighted by Gasteiger charge is 2.18. The molecule has 1 aromatic rings. The lowest BCUT2D eigenvalue weighted by molar-refractivity contribution is 0.122. The average molecular weight is 221 g/mol. The van der Waals surface area contributed by atoms with E-state index in [1.807, 2.05) is 19.9 Å². The van der Waals surface area contributed by atoms with Gasteiger partial charge in [-0.05, 0) is 38.0 Å². The van der Waals surface area contributed by atoms with E-state index >= 15 is 0 Å². The van der Waals surface area contributed by atoms with Crippen molar-refractivity contribution < 1.29 is 9.84 Å². The molecule has 0 bridgehead atoms. The van der Waals surface area contributed by atoms with E-state index in [0.717, 1.165) is 37.4 Å². The molecule has 0 atom stereocenters. The first kappa shape index (κ1) is 11.3. The van der Waals surface area contributed by atoms with E-state index in [1.54, 1.807) is 0 Å². The summed E-state index contributed by atoms with van der Waals surface area (Å²) in [6.07, 6.45) is 0. The highest BCUT2D eigenvalue weighted by atomic mass is 16.5. The van der Waals surface area contributed by atoms with Crippen LogP contribution in [0.15, 0.2) is 6.07 Å². The van der Waals surface area contributed by atoms with Gasteiger partial charge in [0.05, 0.1) is 13.2 Å². The number of hydrogen-bond donors (Lipinski definition) is 1. The molecular weight excluding hydrogens is 202 g/mol. The topological polar surface area (TPSA) is 32.7 Å². The van der Waals surface area contributed by atoms with Crippen molar-refractivity contribution in [2.45, 2.75) is 20.8 Å². The lowest BCUT2D eigenvalue weighted by Crippen LogP contribution is -2.37. The van der Waals surface area contributed by atoms with Crippen LogP contribution in [0.2, 0.25) is 0 Å². The van der Waals surface area contributed by atoms with Gasteiger partial charge in [0.2, 0.25) is 0 Å². The first-order valence-electron chi connectivity index (χ1n) is 5.73. The third kappa shape index (κ3) is 1.87. The molecule has 0 saturated carbocycles. The molecule has 0 radical (unpaired) electrons. The predicted octanol–water partition coefficient (Wildman–Crippen LogP) is 2.15. The van der Waals surface area contributed by atoms with Crippen molar-refractivity contribution in [3.63, 3.8) is 0 Å². The Morgan fingerprint density at radius 2 is 1.75 bits per heavy atom. The van der Waals surface area contributed by atoms with Crippen molar-refractivity contribution in [1.29, 1.82) is 0 Å². The van der Waals surface area contributed by atoms with Crippen LogP contribution < -0.4 is 4.90 Å². The van der Waals surface area contributed by atoms with Crippen LogP contribution in [-0.2, 0) is 4.74 Å². The van der Waals surface area contributed by atoms with Crippen molar-refractivity contribution in [3.8, 4) is 5.75 Å². The summed E-state index contributed by atoms with van der Waals surface area (Å²) in [4.78, 5) is 2.31. The molecule has 0 amide bonds. The van der Waals surface area contributed by atoms with Crippen molar-refractivity contribution in [2.75, 3.05) is 31.2 Å². The molecule has 1 aromatic carbocycles. The molecule has 1 aliphatic rings. The van der Waals surface area contributed by atoms with Crippen LogP contribution in [-0.4, -0.2) is 31.4 Å². The molecule has 1 aliphatic heterocycles. The van der Waals surface area contributed by atoms with Gasteiger partial charge in [-0.15, -0.1) is 0 Å². The van der Waals surface area contributed by atoms with Crippen LogP contribution in [0, 0.1) is 20.8 Å². The molecule has 3 heteroatoms. The minimum atomic E-state index is 0.393. The SMILES string of the molecule is Cc1cc(O)c(C)c(N2CCOCC2)c1C. The molecule has 0 aromatic heterocycles. The van der Waals surface area contributed by atoms with E-state index in [4.69, 9.17) is 4.74 Å². The number of anilines is 1. The van der Waals surface area contributed by atoms with Gasteiger partial charge in [0.25, 0.3) is 0 Å². The van der Waals surface area contributed by atoms with Gasteiger partial charge in [0, 0.05) is 24.3 Å². The molecule has 0 aliphatic carbocycles. The Bertz CT molecular complexity index is 369. The van der Waals surface area contributed by atoms with E-state index in [2.05, 4.69) is 11.8 Å². The molecular formula is C13H19NO2. The summed E-state index contributed by atoms with van der Waals surface area (Å²) < 4.78 is 5.36. The molecule has 1 heterocycles.